The fourth-order valence-corrected chi connectivity index (χ4v) is 3.60. The molecule has 0 unspecified atom stereocenters. The highest BCUT2D eigenvalue weighted by atomic mass is 127. The first kappa shape index (κ1) is 28.2. The first-order chi connectivity index (χ1) is 15.2. The predicted octanol–water partition coefficient (Wildman–Crippen LogP) is 2.46. The molecule has 1 aromatic heterocycles. The lowest BCUT2D eigenvalue weighted by Gasteiger charge is -2.12. The number of aryl methyl sites for hydroxylation is 1. The number of nitrogens with one attached hydrogen (secondary N) is 1. The van der Waals surface area contributed by atoms with Crippen molar-refractivity contribution < 1.29 is 42.8 Å². The van der Waals surface area contributed by atoms with Crippen LogP contribution in [0.4, 0.5) is 0 Å². The summed E-state index contributed by atoms with van der Waals surface area (Å²) in [5.41, 5.74) is 1.63. The van der Waals surface area contributed by atoms with Crippen LogP contribution in [-0.2, 0) is 13.1 Å². The summed E-state index contributed by atoms with van der Waals surface area (Å²) in [5, 5.41) is 2.99. The summed E-state index contributed by atoms with van der Waals surface area (Å²) in [4.78, 5) is 12.6. The van der Waals surface area contributed by atoms with Crippen LogP contribution in [0, 0.1) is 0 Å². The normalized spacial score (nSPS) is 10.3. The number of methoxy groups -OCH3 is 1. The third kappa shape index (κ3) is 9.76. The minimum absolute atomic E-state index is 0. The molecule has 0 saturated heterocycles. The van der Waals surface area contributed by atoms with Crippen LogP contribution in [0.5, 0.6) is 11.5 Å². The van der Waals surface area contributed by atoms with Gasteiger partial charge < -0.3 is 38.8 Å². The van der Waals surface area contributed by atoms with E-state index in [1.165, 1.54) is 44.9 Å². The maximum Gasteiger partial charge on any atom is 0.251 e. The lowest BCUT2D eigenvalue weighted by Crippen LogP contribution is -3.00. The Morgan fingerprint density at radius 3 is 2.34 bits per heavy atom. The largest absolute Gasteiger partial charge is 1.00 e. The maximum absolute atomic E-state index is 12.6. The van der Waals surface area contributed by atoms with E-state index in [0.29, 0.717) is 30.2 Å². The molecule has 0 spiro atoms. The summed E-state index contributed by atoms with van der Waals surface area (Å²) in [5.74, 6) is 1.16. The van der Waals surface area contributed by atoms with E-state index in [0.717, 1.165) is 18.7 Å². The van der Waals surface area contributed by atoms with Crippen molar-refractivity contribution in [2.24, 2.45) is 0 Å². The maximum atomic E-state index is 12.6. The number of unbranched alkanes of at least 4 members (excludes halogenated alkanes) is 7. The van der Waals surface area contributed by atoms with Crippen molar-refractivity contribution in [3.05, 3.63) is 53.9 Å². The van der Waals surface area contributed by atoms with Gasteiger partial charge in [0, 0.05) is 17.7 Å². The van der Waals surface area contributed by atoms with Gasteiger partial charge in [0.05, 0.1) is 13.7 Å². The molecule has 0 bridgehead atoms. The summed E-state index contributed by atoms with van der Waals surface area (Å²) >= 11 is 0. The van der Waals surface area contributed by atoms with Gasteiger partial charge in [-0.1, -0.05) is 57.9 Å². The van der Waals surface area contributed by atoms with Crippen molar-refractivity contribution in [2.75, 3.05) is 13.7 Å². The molecule has 0 aliphatic rings. The van der Waals surface area contributed by atoms with Crippen LogP contribution in [0.1, 0.15) is 81.3 Å². The molecule has 0 atom stereocenters. The minimum Gasteiger partial charge on any atom is -1.00 e. The lowest BCUT2D eigenvalue weighted by atomic mass is 10.1. The Bertz CT molecular complexity index is 798. The molecule has 2 aromatic rings. The molecule has 6 heteroatoms. The van der Waals surface area contributed by atoms with Crippen LogP contribution in [0.25, 0.3) is 0 Å². The number of hydrogen-bond donors (Lipinski definition) is 1. The van der Waals surface area contributed by atoms with E-state index in [9.17, 15) is 4.79 Å². The van der Waals surface area contributed by atoms with Gasteiger partial charge in [0.15, 0.2) is 17.7 Å². The number of aromatic nitrogens is 1. The fraction of sp³-hybridized carbons (Fsp3) is 0.538. The molecule has 0 saturated carbocycles. The number of benzene rings is 1. The van der Waals surface area contributed by atoms with Gasteiger partial charge in [-0.25, -0.2) is 4.57 Å². The number of halogens is 1. The third-order valence-electron chi connectivity index (χ3n) is 5.49. The Morgan fingerprint density at radius 2 is 1.66 bits per heavy atom. The summed E-state index contributed by atoms with van der Waals surface area (Å²) < 4.78 is 13.5. The molecule has 0 aliphatic heterocycles. The molecule has 0 radical (unpaired) electrons. The quantitative estimate of drug-likeness (QED) is 0.209. The van der Waals surface area contributed by atoms with Gasteiger partial charge in [-0.3, -0.25) is 4.79 Å². The highest BCUT2D eigenvalue weighted by molar-refractivity contribution is 5.94. The Morgan fingerprint density at radius 1 is 0.938 bits per heavy atom. The summed E-state index contributed by atoms with van der Waals surface area (Å²) in [6, 6.07) is 11.4. The van der Waals surface area contributed by atoms with Crippen molar-refractivity contribution in [3.8, 4) is 11.5 Å². The topological polar surface area (TPSA) is 51.4 Å². The van der Waals surface area contributed by atoms with Crippen molar-refractivity contribution in [1.82, 2.24) is 5.32 Å². The van der Waals surface area contributed by atoms with Crippen LogP contribution in [0.15, 0.2) is 42.6 Å². The number of amides is 1. The van der Waals surface area contributed by atoms with E-state index in [2.05, 4.69) is 23.7 Å². The molecule has 178 valence electrons. The second-order valence-corrected chi connectivity index (χ2v) is 7.85. The van der Waals surface area contributed by atoms with Crippen molar-refractivity contribution >= 4 is 5.91 Å². The van der Waals surface area contributed by atoms with Gasteiger partial charge in [0.1, 0.15) is 13.1 Å². The average Bonchev–Trinajstić information content (AvgIpc) is 2.81. The fourth-order valence-electron chi connectivity index (χ4n) is 3.60. The number of carbonyl (C=O) groups is 1. The van der Waals surface area contributed by atoms with Crippen LogP contribution in [0.3, 0.4) is 0 Å². The van der Waals surface area contributed by atoms with E-state index in [-0.39, 0.29) is 29.9 Å². The number of carbonyl (C=O) groups excluding carboxylic acids is 1. The molecular formula is C26H39IN2O3. The summed E-state index contributed by atoms with van der Waals surface area (Å²) in [6.45, 7) is 6.35. The van der Waals surface area contributed by atoms with Crippen LogP contribution in [-0.4, -0.2) is 19.6 Å². The molecule has 0 aliphatic carbocycles. The van der Waals surface area contributed by atoms with Crippen molar-refractivity contribution in [1.29, 1.82) is 0 Å². The zero-order chi connectivity index (χ0) is 22.3. The van der Waals surface area contributed by atoms with Gasteiger partial charge in [-0.15, -0.1) is 0 Å². The third-order valence-corrected chi connectivity index (χ3v) is 5.49. The standard InChI is InChI=1S/C26H38N2O3.HI/c1-4-6-7-8-9-10-11-14-19-31-24-17-16-22(20-25(24)30-3)26(29)27-21-23-15-12-13-18-28(23)5-2;/h12-13,15-18,20H,4-11,14,19,21H2,1-3H3;1H. The molecule has 5 nitrogen and oxygen atoms in total. The highest BCUT2D eigenvalue weighted by Gasteiger charge is 2.13. The van der Waals surface area contributed by atoms with Crippen LogP contribution in [0.2, 0.25) is 0 Å². The average molecular weight is 555 g/mol. The predicted molar refractivity (Wildman–Crippen MR) is 125 cm³/mol. The molecule has 0 fully saturated rings. The second-order valence-electron chi connectivity index (χ2n) is 7.85. The Labute approximate surface area is 210 Å². The van der Waals surface area contributed by atoms with Crippen molar-refractivity contribution in [2.45, 2.75) is 78.3 Å². The lowest BCUT2D eigenvalue weighted by molar-refractivity contribution is -0.701. The minimum atomic E-state index is -0.126. The molecule has 1 aromatic carbocycles. The van der Waals surface area contributed by atoms with Crippen LogP contribution < -0.4 is 43.3 Å². The van der Waals surface area contributed by atoms with E-state index in [1.54, 1.807) is 19.2 Å². The van der Waals surface area contributed by atoms with E-state index >= 15 is 0 Å². The molecule has 1 heterocycles. The van der Waals surface area contributed by atoms with E-state index in [1.807, 2.05) is 30.5 Å². The van der Waals surface area contributed by atoms with Crippen molar-refractivity contribution in [3.63, 3.8) is 0 Å². The van der Waals surface area contributed by atoms with E-state index in [4.69, 9.17) is 9.47 Å². The number of ether oxygens (including phenoxy) is 2. The molecule has 32 heavy (non-hydrogen) atoms. The highest BCUT2D eigenvalue weighted by Crippen LogP contribution is 2.28. The molecule has 1 amide bonds. The Balaban J connectivity index is 0.00000512. The van der Waals surface area contributed by atoms with Gasteiger partial charge in [0.25, 0.3) is 5.91 Å². The second kappa shape index (κ2) is 16.8. The first-order valence-electron chi connectivity index (χ1n) is 11.8. The molecule has 2 rings (SSSR count). The van der Waals surface area contributed by atoms with Crippen LogP contribution >= 0.6 is 0 Å². The zero-order valence-electron chi connectivity index (χ0n) is 19.9. The number of pyridine rings is 1. The van der Waals surface area contributed by atoms with Gasteiger partial charge in [-0.05, 0) is 31.5 Å². The molecular weight excluding hydrogens is 515 g/mol. The van der Waals surface area contributed by atoms with Gasteiger partial charge >= 0.3 is 0 Å². The smallest absolute Gasteiger partial charge is 0.251 e. The van der Waals surface area contributed by atoms with E-state index < -0.39 is 0 Å². The number of rotatable bonds is 15. The monoisotopic (exact) mass is 554 g/mol. The Kier molecular flexibility index (Phi) is 14.8. The molecule has 1 N–H and O–H groups in total. The zero-order valence-corrected chi connectivity index (χ0v) is 22.0. The number of nitrogens with zero attached hydrogens (tertiary/aromatic N) is 1. The SMILES string of the molecule is CCCCCCCCCCOc1ccc(C(=O)NCc2cccc[n+]2CC)cc1OC.[I-]. The van der Waals surface area contributed by atoms with Gasteiger partial charge in [0.2, 0.25) is 5.69 Å². The first-order valence-corrected chi connectivity index (χ1v) is 11.8. The summed E-state index contributed by atoms with van der Waals surface area (Å²) in [6.07, 6.45) is 12.2. The Hall–Kier alpha value is -1.83. The van der Waals surface area contributed by atoms with Gasteiger partial charge in [-0.2, -0.15) is 0 Å². The summed E-state index contributed by atoms with van der Waals surface area (Å²) in [7, 11) is 1.61. The number of hydrogen-bond acceptors (Lipinski definition) is 3.